The van der Waals surface area contributed by atoms with Crippen molar-refractivity contribution in [3.05, 3.63) is 0 Å². The zero-order valence-corrected chi connectivity index (χ0v) is 15.1. The van der Waals surface area contributed by atoms with Crippen LogP contribution < -0.4 is 10.6 Å². The van der Waals surface area contributed by atoms with Crippen LogP contribution in [0.25, 0.3) is 0 Å². The summed E-state index contributed by atoms with van der Waals surface area (Å²) in [6.45, 7) is 14.8. The van der Waals surface area contributed by atoms with E-state index >= 15 is 0 Å². The van der Waals surface area contributed by atoms with Crippen molar-refractivity contribution in [2.75, 3.05) is 46.9 Å². The summed E-state index contributed by atoms with van der Waals surface area (Å²) < 4.78 is 5.60. The maximum absolute atomic E-state index is 5.60. The Morgan fingerprint density at radius 2 is 1.86 bits per heavy atom. The molecule has 0 aliphatic carbocycles. The smallest absolute Gasteiger partial charge is 0.191 e. The Hall–Kier alpha value is -0.810. The molecule has 126 valence electrons. The van der Waals surface area contributed by atoms with E-state index < -0.39 is 0 Å². The number of ether oxygens (including phenoxy) is 1. The fraction of sp³-hybridized carbons (Fsp3) is 0.938. The lowest BCUT2D eigenvalue weighted by Gasteiger charge is -2.31. The van der Waals surface area contributed by atoms with Gasteiger partial charge in [-0.25, -0.2) is 0 Å². The maximum Gasteiger partial charge on any atom is 0.191 e. The Kier molecular flexibility index (Phi) is 10.4. The van der Waals surface area contributed by atoms with Crippen molar-refractivity contribution in [2.24, 2.45) is 10.9 Å². The minimum Gasteiger partial charge on any atom is -0.380 e. The molecule has 0 amide bonds. The summed E-state index contributed by atoms with van der Waals surface area (Å²) in [6, 6.07) is 0. The van der Waals surface area contributed by atoms with Gasteiger partial charge in [0, 0.05) is 25.2 Å². The molecule has 0 saturated heterocycles. The van der Waals surface area contributed by atoms with Gasteiger partial charge in [-0.2, -0.15) is 0 Å². The first-order chi connectivity index (χ1) is 9.79. The molecule has 0 fully saturated rings. The van der Waals surface area contributed by atoms with E-state index in [1.165, 1.54) is 0 Å². The van der Waals surface area contributed by atoms with Crippen LogP contribution in [-0.2, 0) is 4.74 Å². The first-order valence-corrected chi connectivity index (χ1v) is 8.07. The number of nitrogens with zero attached hydrogens (tertiary/aromatic N) is 2. The fourth-order valence-corrected chi connectivity index (χ4v) is 1.42. The minimum atomic E-state index is 0.0517. The fourth-order valence-electron chi connectivity index (χ4n) is 1.42. The number of likely N-dealkylation sites (N-methyl/N-ethyl adjacent to an activating group) is 1. The molecule has 0 saturated carbocycles. The molecule has 0 bridgehead atoms. The Morgan fingerprint density at radius 3 is 2.38 bits per heavy atom. The Morgan fingerprint density at radius 1 is 1.19 bits per heavy atom. The van der Waals surface area contributed by atoms with Gasteiger partial charge in [0.1, 0.15) is 0 Å². The molecule has 0 atom stereocenters. The number of rotatable bonds is 10. The van der Waals surface area contributed by atoms with E-state index in [1.807, 2.05) is 0 Å². The van der Waals surface area contributed by atoms with Crippen molar-refractivity contribution in [2.45, 2.75) is 46.6 Å². The third-order valence-electron chi connectivity index (χ3n) is 3.56. The summed E-state index contributed by atoms with van der Waals surface area (Å²) in [5.74, 6) is 1.56. The highest BCUT2D eigenvalue weighted by molar-refractivity contribution is 5.79. The quantitative estimate of drug-likeness (QED) is 0.368. The monoisotopic (exact) mass is 300 g/mol. The Bertz CT molecular complexity index is 288. The van der Waals surface area contributed by atoms with Crippen LogP contribution in [0.3, 0.4) is 0 Å². The largest absolute Gasteiger partial charge is 0.380 e. The predicted molar refractivity (Wildman–Crippen MR) is 92.0 cm³/mol. The van der Waals surface area contributed by atoms with Crippen molar-refractivity contribution < 1.29 is 4.74 Å². The number of nitrogens with one attached hydrogen (secondary N) is 2. The third kappa shape index (κ3) is 10.5. The molecular formula is C16H36N4O. The summed E-state index contributed by atoms with van der Waals surface area (Å²) in [7, 11) is 4.16. The van der Waals surface area contributed by atoms with Crippen molar-refractivity contribution in [1.29, 1.82) is 0 Å². The number of guanidine groups is 1. The lowest BCUT2D eigenvalue weighted by atomic mass is 10.1. The zero-order valence-electron chi connectivity index (χ0n) is 15.1. The second-order valence-electron chi connectivity index (χ2n) is 6.62. The van der Waals surface area contributed by atoms with Gasteiger partial charge >= 0.3 is 0 Å². The highest BCUT2D eigenvalue weighted by atomic mass is 16.5. The second kappa shape index (κ2) is 10.9. The van der Waals surface area contributed by atoms with E-state index in [1.54, 1.807) is 0 Å². The van der Waals surface area contributed by atoms with Gasteiger partial charge in [-0.3, -0.25) is 4.99 Å². The number of aliphatic imine (C=N–C) groups is 1. The van der Waals surface area contributed by atoms with Gasteiger partial charge in [0.2, 0.25) is 0 Å². The van der Waals surface area contributed by atoms with Crippen molar-refractivity contribution in [3.63, 3.8) is 0 Å². The molecule has 0 unspecified atom stereocenters. The normalized spacial score (nSPS) is 13.1. The first-order valence-electron chi connectivity index (χ1n) is 8.07. The number of hydrogen-bond acceptors (Lipinski definition) is 3. The molecule has 0 aliphatic rings. The SMILES string of the molecule is CCNC(=NCC(C)(C)N(C)C)NCCOCCC(C)C. The molecule has 5 heteroatoms. The highest BCUT2D eigenvalue weighted by Gasteiger charge is 2.19. The van der Waals surface area contributed by atoms with E-state index in [2.05, 4.69) is 69.2 Å². The number of hydrogen-bond donors (Lipinski definition) is 2. The average molecular weight is 300 g/mol. The van der Waals surface area contributed by atoms with Crippen LogP contribution in [-0.4, -0.2) is 63.3 Å². The first kappa shape index (κ1) is 20.2. The second-order valence-corrected chi connectivity index (χ2v) is 6.62. The third-order valence-corrected chi connectivity index (χ3v) is 3.56. The van der Waals surface area contributed by atoms with Crippen LogP contribution in [0.5, 0.6) is 0 Å². The molecule has 0 spiro atoms. The summed E-state index contributed by atoms with van der Waals surface area (Å²) in [4.78, 5) is 6.84. The Labute approximate surface area is 131 Å². The van der Waals surface area contributed by atoms with Gasteiger partial charge in [0.15, 0.2) is 5.96 Å². The molecular weight excluding hydrogens is 264 g/mol. The predicted octanol–water partition coefficient (Wildman–Crippen LogP) is 1.94. The van der Waals surface area contributed by atoms with Gasteiger partial charge < -0.3 is 20.3 Å². The molecule has 0 aromatic carbocycles. The van der Waals surface area contributed by atoms with E-state index in [-0.39, 0.29) is 5.54 Å². The molecule has 5 nitrogen and oxygen atoms in total. The van der Waals surface area contributed by atoms with E-state index in [9.17, 15) is 0 Å². The molecule has 0 aromatic rings. The van der Waals surface area contributed by atoms with E-state index in [0.29, 0.717) is 12.5 Å². The molecule has 0 rings (SSSR count). The van der Waals surface area contributed by atoms with Crippen molar-refractivity contribution >= 4 is 5.96 Å². The van der Waals surface area contributed by atoms with Crippen LogP contribution >= 0.6 is 0 Å². The van der Waals surface area contributed by atoms with E-state index in [0.717, 1.165) is 38.6 Å². The van der Waals surface area contributed by atoms with Gasteiger partial charge in [-0.05, 0) is 47.2 Å². The Balaban J connectivity index is 4.07. The maximum atomic E-state index is 5.60. The van der Waals surface area contributed by atoms with Crippen LogP contribution in [0.1, 0.15) is 41.0 Å². The molecule has 0 aliphatic heterocycles. The minimum absolute atomic E-state index is 0.0517. The molecule has 0 heterocycles. The molecule has 2 N–H and O–H groups in total. The summed E-state index contributed by atoms with van der Waals surface area (Å²) in [5.41, 5.74) is 0.0517. The molecule has 0 aromatic heterocycles. The van der Waals surface area contributed by atoms with Gasteiger partial charge in [-0.15, -0.1) is 0 Å². The van der Waals surface area contributed by atoms with Gasteiger partial charge in [0.05, 0.1) is 13.2 Å². The van der Waals surface area contributed by atoms with Crippen LogP contribution in [0.4, 0.5) is 0 Å². The summed E-state index contributed by atoms with van der Waals surface area (Å²) >= 11 is 0. The molecule has 21 heavy (non-hydrogen) atoms. The standard InChI is InChI=1S/C16H36N4O/c1-8-17-15(19-13-16(4,5)20(6)7)18-10-12-21-11-9-14(2)3/h14H,8-13H2,1-7H3,(H2,17,18,19). The van der Waals surface area contributed by atoms with Crippen molar-refractivity contribution in [1.82, 2.24) is 15.5 Å². The topological polar surface area (TPSA) is 48.9 Å². The van der Waals surface area contributed by atoms with Crippen LogP contribution in [0, 0.1) is 5.92 Å². The molecule has 0 radical (unpaired) electrons. The van der Waals surface area contributed by atoms with E-state index in [4.69, 9.17) is 4.74 Å². The summed E-state index contributed by atoms with van der Waals surface area (Å²) in [5, 5.41) is 6.58. The highest BCUT2D eigenvalue weighted by Crippen LogP contribution is 2.09. The average Bonchev–Trinajstić information content (AvgIpc) is 2.39. The van der Waals surface area contributed by atoms with Crippen molar-refractivity contribution in [3.8, 4) is 0 Å². The van der Waals surface area contributed by atoms with Crippen LogP contribution in [0.15, 0.2) is 4.99 Å². The lowest BCUT2D eigenvalue weighted by Crippen LogP contribution is -2.44. The lowest BCUT2D eigenvalue weighted by molar-refractivity contribution is 0.128. The van der Waals surface area contributed by atoms with Crippen LogP contribution in [0.2, 0.25) is 0 Å². The van der Waals surface area contributed by atoms with Gasteiger partial charge in [-0.1, -0.05) is 13.8 Å². The zero-order chi connectivity index (χ0) is 16.3. The summed E-state index contributed by atoms with van der Waals surface area (Å²) in [6.07, 6.45) is 1.12. The van der Waals surface area contributed by atoms with Gasteiger partial charge in [0.25, 0.3) is 0 Å².